The Hall–Kier alpha value is -0.150. The van der Waals surface area contributed by atoms with E-state index < -0.39 is 6.17 Å². The summed E-state index contributed by atoms with van der Waals surface area (Å²) in [6.45, 7) is 1.13. The van der Waals surface area contributed by atoms with Crippen LogP contribution in [0.3, 0.4) is 0 Å². The second-order valence-electron chi connectivity index (χ2n) is 3.10. The van der Waals surface area contributed by atoms with Gasteiger partial charge in [0, 0.05) is 13.2 Å². The van der Waals surface area contributed by atoms with Crippen LogP contribution in [0.5, 0.6) is 0 Å². The van der Waals surface area contributed by atoms with Gasteiger partial charge in [-0.15, -0.1) is 0 Å². The molecule has 1 rings (SSSR count). The number of hydrogen-bond acceptors (Lipinski definition) is 2. The van der Waals surface area contributed by atoms with Gasteiger partial charge in [0.2, 0.25) is 0 Å². The molecule has 0 radical (unpaired) electrons. The van der Waals surface area contributed by atoms with E-state index in [0.717, 1.165) is 19.4 Å². The monoisotopic (exact) mass is 162 g/mol. The van der Waals surface area contributed by atoms with E-state index in [-0.39, 0.29) is 6.61 Å². The van der Waals surface area contributed by atoms with Crippen LogP contribution in [-0.4, -0.2) is 31.1 Å². The van der Waals surface area contributed by atoms with E-state index in [2.05, 4.69) is 0 Å². The number of hydrogen-bond donors (Lipinski definition) is 1. The van der Waals surface area contributed by atoms with Crippen LogP contribution in [0.15, 0.2) is 0 Å². The number of alkyl halides is 1. The highest BCUT2D eigenvalue weighted by molar-refractivity contribution is 4.67. The Morgan fingerprint density at radius 1 is 1.64 bits per heavy atom. The van der Waals surface area contributed by atoms with Crippen molar-refractivity contribution in [1.29, 1.82) is 0 Å². The molecular formula is C8H15FO2. The standard InChI is InChI=1S/C8H15FO2/c9-8(5-10)4-7-2-1-3-11-6-7/h7-8,10H,1-6H2/t7-,8-/m1/s1. The van der Waals surface area contributed by atoms with E-state index in [0.29, 0.717) is 18.9 Å². The Morgan fingerprint density at radius 2 is 2.45 bits per heavy atom. The maximum absolute atomic E-state index is 12.6. The number of halogens is 1. The van der Waals surface area contributed by atoms with Crippen LogP contribution in [0.1, 0.15) is 19.3 Å². The number of ether oxygens (including phenoxy) is 1. The molecule has 0 aromatic heterocycles. The van der Waals surface area contributed by atoms with Gasteiger partial charge in [-0.2, -0.15) is 0 Å². The Morgan fingerprint density at radius 3 is 3.00 bits per heavy atom. The second kappa shape index (κ2) is 4.67. The molecule has 0 saturated carbocycles. The fourth-order valence-corrected chi connectivity index (χ4v) is 1.43. The molecule has 11 heavy (non-hydrogen) atoms. The minimum absolute atomic E-state index is 0.325. The zero-order chi connectivity index (χ0) is 8.10. The van der Waals surface area contributed by atoms with Crippen molar-refractivity contribution in [2.24, 2.45) is 5.92 Å². The SMILES string of the molecule is OC[C@H](F)C[C@H]1CCCOC1. The Kier molecular flexibility index (Phi) is 3.80. The molecule has 1 N–H and O–H groups in total. The molecule has 0 amide bonds. The van der Waals surface area contributed by atoms with Crippen LogP contribution >= 0.6 is 0 Å². The van der Waals surface area contributed by atoms with Gasteiger partial charge in [0.05, 0.1) is 6.61 Å². The summed E-state index contributed by atoms with van der Waals surface area (Å²) in [4.78, 5) is 0. The molecule has 0 aliphatic carbocycles. The minimum Gasteiger partial charge on any atom is -0.393 e. The lowest BCUT2D eigenvalue weighted by molar-refractivity contribution is 0.0349. The molecule has 1 aliphatic rings. The molecule has 1 fully saturated rings. The predicted molar refractivity (Wildman–Crippen MR) is 40.1 cm³/mol. The number of aliphatic hydroxyl groups excluding tert-OH is 1. The maximum atomic E-state index is 12.6. The predicted octanol–water partition coefficient (Wildman–Crippen LogP) is 1.13. The molecule has 66 valence electrons. The third kappa shape index (κ3) is 3.16. The molecule has 1 heterocycles. The lowest BCUT2D eigenvalue weighted by atomic mass is 9.96. The Labute approximate surface area is 66.4 Å². The average Bonchev–Trinajstić information content (AvgIpc) is 2.06. The molecule has 2 nitrogen and oxygen atoms in total. The van der Waals surface area contributed by atoms with Gasteiger partial charge < -0.3 is 9.84 Å². The largest absolute Gasteiger partial charge is 0.393 e. The summed E-state index contributed by atoms with van der Waals surface area (Å²) in [6.07, 6.45) is 1.47. The highest BCUT2D eigenvalue weighted by Gasteiger charge is 2.18. The average molecular weight is 162 g/mol. The fraction of sp³-hybridized carbons (Fsp3) is 1.00. The molecule has 1 aliphatic heterocycles. The molecule has 1 saturated heterocycles. The van der Waals surface area contributed by atoms with Crippen molar-refractivity contribution in [1.82, 2.24) is 0 Å². The van der Waals surface area contributed by atoms with Crippen LogP contribution < -0.4 is 0 Å². The van der Waals surface area contributed by atoms with Crippen molar-refractivity contribution in [2.75, 3.05) is 19.8 Å². The van der Waals surface area contributed by atoms with E-state index in [1.807, 2.05) is 0 Å². The molecule has 0 spiro atoms. The first-order chi connectivity index (χ1) is 5.33. The van der Waals surface area contributed by atoms with Crippen LogP contribution in [0.2, 0.25) is 0 Å². The smallest absolute Gasteiger partial charge is 0.123 e. The van der Waals surface area contributed by atoms with Gasteiger partial charge in [-0.1, -0.05) is 0 Å². The van der Waals surface area contributed by atoms with Gasteiger partial charge in [-0.05, 0) is 25.2 Å². The van der Waals surface area contributed by atoms with Gasteiger partial charge >= 0.3 is 0 Å². The van der Waals surface area contributed by atoms with E-state index in [4.69, 9.17) is 9.84 Å². The third-order valence-electron chi connectivity index (χ3n) is 2.04. The van der Waals surface area contributed by atoms with E-state index >= 15 is 0 Å². The van der Waals surface area contributed by atoms with Crippen molar-refractivity contribution < 1.29 is 14.2 Å². The molecule has 0 aromatic carbocycles. The van der Waals surface area contributed by atoms with Crippen molar-refractivity contribution in [2.45, 2.75) is 25.4 Å². The van der Waals surface area contributed by atoms with Crippen molar-refractivity contribution in [3.05, 3.63) is 0 Å². The van der Waals surface area contributed by atoms with Crippen LogP contribution in [0, 0.1) is 5.92 Å². The first-order valence-corrected chi connectivity index (χ1v) is 4.15. The summed E-state index contributed by atoms with van der Waals surface area (Å²) in [5.41, 5.74) is 0. The molecular weight excluding hydrogens is 147 g/mol. The zero-order valence-electron chi connectivity index (χ0n) is 6.63. The van der Waals surface area contributed by atoms with Gasteiger partial charge in [-0.25, -0.2) is 4.39 Å². The van der Waals surface area contributed by atoms with Crippen molar-refractivity contribution >= 4 is 0 Å². The summed E-state index contributed by atoms with van der Waals surface area (Å²) in [6, 6.07) is 0. The quantitative estimate of drug-likeness (QED) is 0.674. The molecule has 0 aromatic rings. The van der Waals surface area contributed by atoms with E-state index in [1.165, 1.54) is 0 Å². The molecule has 3 heteroatoms. The highest BCUT2D eigenvalue weighted by atomic mass is 19.1. The lowest BCUT2D eigenvalue weighted by Crippen LogP contribution is -2.22. The summed E-state index contributed by atoms with van der Waals surface area (Å²) >= 11 is 0. The van der Waals surface area contributed by atoms with Crippen LogP contribution in [0.4, 0.5) is 4.39 Å². The number of aliphatic hydroxyl groups is 1. The second-order valence-corrected chi connectivity index (χ2v) is 3.10. The fourth-order valence-electron chi connectivity index (χ4n) is 1.43. The lowest BCUT2D eigenvalue weighted by Gasteiger charge is -2.22. The highest BCUT2D eigenvalue weighted by Crippen LogP contribution is 2.19. The van der Waals surface area contributed by atoms with Gasteiger partial charge in [0.25, 0.3) is 0 Å². The third-order valence-corrected chi connectivity index (χ3v) is 2.04. The Balaban J connectivity index is 2.13. The molecule has 0 unspecified atom stereocenters. The normalized spacial score (nSPS) is 28.4. The Bertz CT molecular complexity index is 102. The summed E-state index contributed by atoms with van der Waals surface area (Å²) in [5.74, 6) is 0.325. The minimum atomic E-state index is -1.05. The van der Waals surface area contributed by atoms with E-state index in [1.54, 1.807) is 0 Å². The van der Waals surface area contributed by atoms with Crippen LogP contribution in [-0.2, 0) is 4.74 Å². The first-order valence-electron chi connectivity index (χ1n) is 4.15. The van der Waals surface area contributed by atoms with Gasteiger partial charge in [-0.3, -0.25) is 0 Å². The van der Waals surface area contributed by atoms with Gasteiger partial charge in [0.15, 0.2) is 0 Å². The topological polar surface area (TPSA) is 29.5 Å². The van der Waals surface area contributed by atoms with Crippen LogP contribution in [0.25, 0.3) is 0 Å². The van der Waals surface area contributed by atoms with Crippen molar-refractivity contribution in [3.63, 3.8) is 0 Å². The zero-order valence-corrected chi connectivity index (χ0v) is 6.63. The van der Waals surface area contributed by atoms with E-state index in [9.17, 15) is 4.39 Å². The number of rotatable bonds is 3. The maximum Gasteiger partial charge on any atom is 0.123 e. The summed E-state index contributed by atoms with van der Waals surface area (Å²) in [7, 11) is 0. The van der Waals surface area contributed by atoms with Gasteiger partial charge in [0.1, 0.15) is 6.17 Å². The van der Waals surface area contributed by atoms with Crippen molar-refractivity contribution in [3.8, 4) is 0 Å². The molecule has 2 atom stereocenters. The first kappa shape index (κ1) is 8.94. The summed E-state index contributed by atoms with van der Waals surface area (Å²) < 4.78 is 17.8. The molecule has 0 bridgehead atoms. The summed E-state index contributed by atoms with van der Waals surface area (Å²) in [5, 5.41) is 8.45.